The van der Waals surface area contributed by atoms with Crippen LogP contribution in [0.5, 0.6) is 0 Å². The van der Waals surface area contributed by atoms with Crippen LogP contribution in [0.2, 0.25) is 0 Å². The second-order valence-electron chi connectivity index (χ2n) is 5.22. The Kier molecular flexibility index (Phi) is 6.14. The molecule has 1 aromatic carbocycles. The first kappa shape index (κ1) is 17.7. The Morgan fingerprint density at radius 3 is 2.21 bits per heavy atom. The van der Waals surface area contributed by atoms with Crippen molar-refractivity contribution in [3.05, 3.63) is 47.2 Å². The molecule has 0 saturated heterocycles. The molecule has 1 heterocycles. The highest BCUT2D eigenvalue weighted by atomic mass is 16.5. The SMILES string of the molecule is CCCNCc1ccc(-c2cc(C(=O)OC)cc(C(=O)OC)c2)o1. The molecule has 0 unspecified atom stereocenters. The Morgan fingerprint density at radius 2 is 1.67 bits per heavy atom. The fraction of sp³-hybridized carbons (Fsp3) is 0.333. The molecule has 2 rings (SSSR count). The topological polar surface area (TPSA) is 77.8 Å². The van der Waals surface area contributed by atoms with Crippen molar-refractivity contribution in [1.29, 1.82) is 0 Å². The summed E-state index contributed by atoms with van der Waals surface area (Å²) in [5.41, 5.74) is 1.13. The van der Waals surface area contributed by atoms with Gasteiger partial charge in [-0.1, -0.05) is 6.92 Å². The number of benzene rings is 1. The Bertz CT molecular complexity index is 686. The number of ether oxygens (including phenoxy) is 2. The smallest absolute Gasteiger partial charge is 0.337 e. The molecule has 6 heteroatoms. The molecule has 6 nitrogen and oxygen atoms in total. The van der Waals surface area contributed by atoms with Crippen LogP contribution in [-0.2, 0) is 16.0 Å². The number of hydrogen-bond donors (Lipinski definition) is 1. The van der Waals surface area contributed by atoms with Crippen LogP contribution in [0.4, 0.5) is 0 Å². The highest BCUT2D eigenvalue weighted by Crippen LogP contribution is 2.25. The highest BCUT2D eigenvalue weighted by molar-refractivity contribution is 5.97. The Morgan fingerprint density at radius 1 is 1.04 bits per heavy atom. The van der Waals surface area contributed by atoms with E-state index in [4.69, 9.17) is 13.9 Å². The van der Waals surface area contributed by atoms with Crippen LogP contribution in [0.25, 0.3) is 11.3 Å². The summed E-state index contributed by atoms with van der Waals surface area (Å²) in [6, 6.07) is 8.36. The fourth-order valence-corrected chi connectivity index (χ4v) is 2.26. The average Bonchev–Trinajstić information content (AvgIpc) is 3.09. The number of esters is 2. The van der Waals surface area contributed by atoms with Crippen molar-refractivity contribution >= 4 is 11.9 Å². The molecule has 1 aromatic heterocycles. The molecule has 0 atom stereocenters. The molecule has 0 radical (unpaired) electrons. The maximum Gasteiger partial charge on any atom is 0.337 e. The third-order valence-electron chi connectivity index (χ3n) is 3.45. The monoisotopic (exact) mass is 331 g/mol. The lowest BCUT2D eigenvalue weighted by Gasteiger charge is -2.06. The average molecular weight is 331 g/mol. The minimum absolute atomic E-state index is 0.262. The molecule has 1 N–H and O–H groups in total. The van der Waals surface area contributed by atoms with Gasteiger partial charge in [-0.15, -0.1) is 0 Å². The van der Waals surface area contributed by atoms with Crippen LogP contribution in [0, 0.1) is 0 Å². The van der Waals surface area contributed by atoms with Crippen molar-refractivity contribution < 1.29 is 23.5 Å². The van der Waals surface area contributed by atoms with Gasteiger partial charge in [-0.2, -0.15) is 0 Å². The van der Waals surface area contributed by atoms with Crippen molar-refractivity contribution in [2.75, 3.05) is 20.8 Å². The van der Waals surface area contributed by atoms with Crippen molar-refractivity contribution in [3.8, 4) is 11.3 Å². The third-order valence-corrected chi connectivity index (χ3v) is 3.45. The van der Waals surface area contributed by atoms with E-state index in [-0.39, 0.29) is 11.1 Å². The molecular weight excluding hydrogens is 310 g/mol. The van der Waals surface area contributed by atoms with E-state index in [1.807, 2.05) is 6.07 Å². The zero-order valence-electron chi connectivity index (χ0n) is 14.0. The van der Waals surface area contributed by atoms with Crippen molar-refractivity contribution in [2.45, 2.75) is 19.9 Å². The fourth-order valence-electron chi connectivity index (χ4n) is 2.26. The van der Waals surface area contributed by atoms with E-state index in [1.54, 1.807) is 18.2 Å². The number of methoxy groups -OCH3 is 2. The van der Waals surface area contributed by atoms with Crippen molar-refractivity contribution in [1.82, 2.24) is 5.32 Å². The lowest BCUT2D eigenvalue weighted by molar-refractivity contribution is 0.0599. The van der Waals surface area contributed by atoms with Gasteiger partial charge >= 0.3 is 11.9 Å². The number of hydrogen-bond acceptors (Lipinski definition) is 6. The number of carbonyl (C=O) groups is 2. The number of furan rings is 1. The van der Waals surface area contributed by atoms with Gasteiger partial charge in [0.1, 0.15) is 11.5 Å². The minimum Gasteiger partial charge on any atom is -0.465 e. The van der Waals surface area contributed by atoms with Crippen LogP contribution in [0.3, 0.4) is 0 Å². The summed E-state index contributed by atoms with van der Waals surface area (Å²) < 4.78 is 15.3. The summed E-state index contributed by atoms with van der Waals surface area (Å²) >= 11 is 0. The van der Waals surface area contributed by atoms with E-state index in [0.29, 0.717) is 17.9 Å². The Labute approximate surface area is 140 Å². The number of nitrogens with one attached hydrogen (secondary N) is 1. The molecule has 24 heavy (non-hydrogen) atoms. The maximum absolute atomic E-state index is 11.8. The van der Waals surface area contributed by atoms with Gasteiger partial charge in [-0.05, 0) is 43.3 Å². The van der Waals surface area contributed by atoms with Crippen LogP contribution in [0.1, 0.15) is 39.8 Å². The molecule has 0 bridgehead atoms. The molecular formula is C18H21NO5. The molecule has 0 aliphatic heterocycles. The van der Waals surface area contributed by atoms with E-state index in [9.17, 15) is 9.59 Å². The van der Waals surface area contributed by atoms with Gasteiger partial charge in [0.05, 0.1) is 31.9 Å². The second kappa shape index (κ2) is 8.31. The predicted molar refractivity (Wildman–Crippen MR) is 88.8 cm³/mol. The lowest BCUT2D eigenvalue weighted by Crippen LogP contribution is -2.12. The van der Waals surface area contributed by atoms with E-state index in [0.717, 1.165) is 18.7 Å². The second-order valence-corrected chi connectivity index (χ2v) is 5.22. The third kappa shape index (κ3) is 4.23. The standard InChI is InChI=1S/C18H21NO5/c1-4-7-19-11-15-5-6-16(24-15)12-8-13(17(20)22-2)10-14(9-12)18(21)23-3/h5-6,8-10,19H,4,7,11H2,1-3H3. The van der Waals surface area contributed by atoms with Gasteiger partial charge in [-0.25, -0.2) is 9.59 Å². The maximum atomic E-state index is 11.8. The quantitative estimate of drug-likeness (QED) is 0.621. The van der Waals surface area contributed by atoms with Gasteiger partial charge < -0.3 is 19.2 Å². The largest absolute Gasteiger partial charge is 0.465 e. The van der Waals surface area contributed by atoms with Crippen molar-refractivity contribution in [3.63, 3.8) is 0 Å². The van der Waals surface area contributed by atoms with Gasteiger partial charge in [-0.3, -0.25) is 0 Å². The summed E-state index contributed by atoms with van der Waals surface area (Å²) in [6.07, 6.45) is 1.04. The zero-order chi connectivity index (χ0) is 17.5. The first-order chi connectivity index (χ1) is 11.6. The van der Waals surface area contributed by atoms with E-state index in [2.05, 4.69) is 12.2 Å². The van der Waals surface area contributed by atoms with Gasteiger partial charge in [0.2, 0.25) is 0 Å². The summed E-state index contributed by atoms with van der Waals surface area (Å²) in [5, 5.41) is 3.25. The van der Waals surface area contributed by atoms with Gasteiger partial charge in [0.25, 0.3) is 0 Å². The zero-order valence-corrected chi connectivity index (χ0v) is 14.0. The normalized spacial score (nSPS) is 10.5. The van der Waals surface area contributed by atoms with E-state index in [1.165, 1.54) is 20.3 Å². The molecule has 0 aliphatic carbocycles. The van der Waals surface area contributed by atoms with Gasteiger partial charge in [0, 0.05) is 5.56 Å². The number of rotatable bonds is 7. The molecule has 0 aliphatic rings. The Hall–Kier alpha value is -2.60. The summed E-state index contributed by atoms with van der Waals surface area (Å²) in [7, 11) is 2.58. The molecule has 0 saturated carbocycles. The summed E-state index contributed by atoms with van der Waals surface area (Å²) in [4.78, 5) is 23.6. The van der Waals surface area contributed by atoms with Crippen LogP contribution in [-0.4, -0.2) is 32.7 Å². The van der Waals surface area contributed by atoms with Crippen LogP contribution >= 0.6 is 0 Å². The molecule has 2 aromatic rings. The summed E-state index contributed by atoms with van der Waals surface area (Å²) in [5.74, 6) is 0.289. The van der Waals surface area contributed by atoms with E-state index >= 15 is 0 Å². The molecule has 128 valence electrons. The van der Waals surface area contributed by atoms with E-state index < -0.39 is 11.9 Å². The first-order valence-corrected chi connectivity index (χ1v) is 7.70. The van der Waals surface area contributed by atoms with Crippen LogP contribution < -0.4 is 5.32 Å². The number of carbonyl (C=O) groups excluding carboxylic acids is 2. The Balaban J connectivity index is 2.34. The highest BCUT2D eigenvalue weighted by Gasteiger charge is 2.16. The molecule has 0 amide bonds. The predicted octanol–water partition coefficient (Wildman–Crippen LogP) is 3.02. The lowest BCUT2D eigenvalue weighted by atomic mass is 10.0. The van der Waals surface area contributed by atoms with Gasteiger partial charge in [0.15, 0.2) is 0 Å². The minimum atomic E-state index is -0.529. The molecule has 0 spiro atoms. The van der Waals surface area contributed by atoms with Crippen molar-refractivity contribution in [2.24, 2.45) is 0 Å². The summed E-state index contributed by atoms with van der Waals surface area (Å²) in [6.45, 7) is 3.61. The van der Waals surface area contributed by atoms with Crippen LogP contribution in [0.15, 0.2) is 34.7 Å². The molecule has 0 fully saturated rings. The first-order valence-electron chi connectivity index (χ1n) is 7.70.